The number of nitrogens with one attached hydrogen (secondary N) is 1. The van der Waals surface area contributed by atoms with Gasteiger partial charge in [-0.05, 0) is 26.2 Å². The average Bonchev–Trinajstić information content (AvgIpc) is 3.19. The van der Waals surface area contributed by atoms with Crippen LogP contribution in [0.25, 0.3) is 16.9 Å². The lowest BCUT2D eigenvalue weighted by Gasteiger charge is -2.21. The Morgan fingerprint density at radius 2 is 1.88 bits per heavy atom. The second-order valence-electron chi connectivity index (χ2n) is 7.32. The zero-order valence-corrected chi connectivity index (χ0v) is 18.4. The summed E-state index contributed by atoms with van der Waals surface area (Å²) in [5.74, 6) is -3.98. The highest BCUT2D eigenvalue weighted by Crippen LogP contribution is 2.39. The molecule has 2 aromatic heterocycles. The molecule has 0 aliphatic carbocycles. The maximum absolute atomic E-state index is 15.0. The van der Waals surface area contributed by atoms with E-state index in [0.717, 1.165) is 29.9 Å². The lowest BCUT2D eigenvalue weighted by atomic mass is 10.1. The van der Waals surface area contributed by atoms with Crippen LogP contribution in [0.15, 0.2) is 18.5 Å². The van der Waals surface area contributed by atoms with Crippen LogP contribution in [0.5, 0.6) is 5.75 Å². The van der Waals surface area contributed by atoms with E-state index in [1.807, 2.05) is 0 Å². The molecule has 8 nitrogen and oxygen atoms in total. The predicted molar refractivity (Wildman–Crippen MR) is 112 cm³/mol. The summed E-state index contributed by atoms with van der Waals surface area (Å²) in [5.41, 5.74) is -1.19. The maximum atomic E-state index is 15.0. The Kier molecular flexibility index (Phi) is 7.75. The molecule has 3 aromatic rings. The van der Waals surface area contributed by atoms with Gasteiger partial charge in [0.25, 0.3) is 5.78 Å². The summed E-state index contributed by atoms with van der Waals surface area (Å²) >= 11 is 6.12. The van der Waals surface area contributed by atoms with Gasteiger partial charge >= 0.3 is 12.1 Å². The van der Waals surface area contributed by atoms with E-state index in [0.29, 0.717) is 19.3 Å². The third-order valence-electron chi connectivity index (χ3n) is 4.80. The molecule has 0 saturated carbocycles. The minimum atomic E-state index is -4.68. The number of benzene rings is 1. The first-order valence-corrected chi connectivity index (χ1v) is 10.4. The summed E-state index contributed by atoms with van der Waals surface area (Å²) < 4.78 is 75.8. The van der Waals surface area contributed by atoms with Crippen LogP contribution < -0.4 is 10.1 Å². The molecule has 0 aliphatic heterocycles. The minimum absolute atomic E-state index is 0.00614. The molecule has 0 saturated heterocycles. The number of hydrogen-bond acceptors (Lipinski definition) is 6. The van der Waals surface area contributed by atoms with E-state index in [1.165, 1.54) is 0 Å². The standard InChI is InChI=1S/C20H19ClF5N5O3/c1-10(20(24,25)26)29-18-16(17(21)30-19-27-9-28-31(18)19)15-12(22)7-11(8-13(15)23)34-6-4-2-3-5-14(32)33/h7-10,29H,2-6H2,1H3,(H,32,33). The van der Waals surface area contributed by atoms with E-state index in [9.17, 15) is 18.0 Å². The molecule has 1 unspecified atom stereocenters. The highest BCUT2D eigenvalue weighted by Gasteiger charge is 2.37. The lowest BCUT2D eigenvalue weighted by molar-refractivity contribution is -0.139. The van der Waals surface area contributed by atoms with Crippen molar-refractivity contribution >= 4 is 29.2 Å². The molecule has 14 heteroatoms. The van der Waals surface area contributed by atoms with Crippen molar-refractivity contribution in [3.8, 4) is 16.9 Å². The molecule has 0 spiro atoms. The molecule has 0 bridgehead atoms. The number of carboxylic acid groups (broad SMARTS) is 1. The number of fused-ring (bicyclic) bond motifs is 1. The number of aromatic nitrogens is 4. The molecular formula is C20H19ClF5N5O3. The normalized spacial score (nSPS) is 12.7. The first-order valence-electron chi connectivity index (χ1n) is 10.1. The largest absolute Gasteiger partial charge is 0.493 e. The fourth-order valence-electron chi connectivity index (χ4n) is 3.08. The molecule has 2 N–H and O–H groups in total. The van der Waals surface area contributed by atoms with Crippen LogP contribution in [-0.2, 0) is 4.79 Å². The van der Waals surface area contributed by atoms with Crippen molar-refractivity contribution in [1.82, 2.24) is 19.6 Å². The van der Waals surface area contributed by atoms with Crippen molar-refractivity contribution in [3.05, 3.63) is 35.2 Å². The van der Waals surface area contributed by atoms with Crippen LogP contribution in [0.4, 0.5) is 27.8 Å². The summed E-state index contributed by atoms with van der Waals surface area (Å²) in [4.78, 5) is 18.1. The van der Waals surface area contributed by atoms with E-state index in [-0.39, 0.29) is 24.6 Å². The van der Waals surface area contributed by atoms with Crippen molar-refractivity contribution in [3.63, 3.8) is 0 Å². The summed E-state index contributed by atoms with van der Waals surface area (Å²) in [7, 11) is 0. The van der Waals surface area contributed by atoms with Gasteiger partial charge in [0.1, 0.15) is 40.7 Å². The van der Waals surface area contributed by atoms with Crippen LogP contribution in [0.3, 0.4) is 0 Å². The van der Waals surface area contributed by atoms with Crippen molar-refractivity contribution in [1.29, 1.82) is 0 Å². The van der Waals surface area contributed by atoms with E-state index < -0.39 is 51.9 Å². The molecule has 3 rings (SSSR count). The third-order valence-corrected chi connectivity index (χ3v) is 5.07. The van der Waals surface area contributed by atoms with E-state index >= 15 is 8.78 Å². The van der Waals surface area contributed by atoms with Crippen LogP contribution in [0.1, 0.15) is 32.6 Å². The second-order valence-corrected chi connectivity index (χ2v) is 7.68. The van der Waals surface area contributed by atoms with Crippen LogP contribution >= 0.6 is 11.6 Å². The average molecular weight is 508 g/mol. The number of nitrogens with zero attached hydrogens (tertiary/aromatic N) is 4. The molecule has 1 atom stereocenters. The van der Waals surface area contributed by atoms with Gasteiger partial charge in [0, 0.05) is 18.6 Å². The van der Waals surface area contributed by atoms with Gasteiger partial charge in [-0.25, -0.2) is 8.78 Å². The molecule has 0 radical (unpaired) electrons. The molecule has 0 aliphatic rings. The zero-order chi connectivity index (χ0) is 25.0. The summed E-state index contributed by atoms with van der Waals surface area (Å²) in [5, 5.41) is 14.1. The molecule has 184 valence electrons. The Bertz CT molecular complexity index is 1160. The summed E-state index contributed by atoms with van der Waals surface area (Å²) in [6.45, 7) is 0.905. The number of rotatable bonds is 10. The number of ether oxygens (including phenoxy) is 1. The smallest absolute Gasteiger partial charge is 0.408 e. The first kappa shape index (κ1) is 25.4. The van der Waals surface area contributed by atoms with Gasteiger partial charge in [0.05, 0.1) is 17.7 Å². The quantitative estimate of drug-likeness (QED) is 0.223. The fraction of sp³-hybridized carbons (Fsp3) is 0.400. The van der Waals surface area contributed by atoms with Gasteiger partial charge in [-0.15, -0.1) is 0 Å². The number of halogens is 6. The number of aliphatic carboxylic acids is 1. The van der Waals surface area contributed by atoms with Gasteiger partial charge < -0.3 is 15.2 Å². The third kappa shape index (κ3) is 5.82. The molecule has 0 fully saturated rings. The maximum Gasteiger partial charge on any atom is 0.408 e. The number of carbonyl (C=O) groups is 1. The Labute approximate surface area is 194 Å². The van der Waals surface area contributed by atoms with Gasteiger partial charge in [0.15, 0.2) is 0 Å². The Balaban J connectivity index is 1.92. The lowest BCUT2D eigenvalue weighted by Crippen LogP contribution is -2.34. The number of alkyl halides is 3. The SMILES string of the molecule is CC(Nc1c(-c2c(F)cc(OCCCCCC(=O)O)cc2F)c(Cl)nc2ncnn12)C(F)(F)F. The number of unbranched alkanes of at least 4 members (excludes halogenated alkanes) is 2. The highest BCUT2D eigenvalue weighted by molar-refractivity contribution is 6.33. The van der Waals surface area contributed by atoms with E-state index in [4.69, 9.17) is 21.4 Å². The first-order chi connectivity index (χ1) is 16.0. The van der Waals surface area contributed by atoms with Crippen LogP contribution in [-0.4, -0.2) is 49.5 Å². The van der Waals surface area contributed by atoms with E-state index in [2.05, 4.69) is 20.4 Å². The topological polar surface area (TPSA) is 102 Å². The Morgan fingerprint density at radius 1 is 1.21 bits per heavy atom. The van der Waals surface area contributed by atoms with Gasteiger partial charge in [0.2, 0.25) is 0 Å². The number of anilines is 1. The number of carboxylic acids is 1. The fourth-order valence-corrected chi connectivity index (χ4v) is 3.34. The van der Waals surface area contributed by atoms with Gasteiger partial charge in [-0.3, -0.25) is 4.79 Å². The summed E-state index contributed by atoms with van der Waals surface area (Å²) in [6.07, 6.45) is -2.23. The van der Waals surface area contributed by atoms with Gasteiger partial charge in [-0.1, -0.05) is 11.6 Å². The predicted octanol–water partition coefficient (Wildman–Crippen LogP) is 5.11. The van der Waals surface area contributed by atoms with Crippen LogP contribution in [0, 0.1) is 11.6 Å². The molecule has 34 heavy (non-hydrogen) atoms. The van der Waals surface area contributed by atoms with Crippen molar-refractivity contribution in [2.75, 3.05) is 11.9 Å². The Hall–Kier alpha value is -3.22. The Morgan fingerprint density at radius 3 is 2.50 bits per heavy atom. The van der Waals surface area contributed by atoms with Crippen molar-refractivity contribution in [2.24, 2.45) is 0 Å². The van der Waals surface area contributed by atoms with E-state index in [1.54, 1.807) is 0 Å². The highest BCUT2D eigenvalue weighted by atomic mass is 35.5. The molecule has 1 aromatic carbocycles. The summed E-state index contributed by atoms with van der Waals surface area (Å²) in [6, 6.07) is -0.379. The zero-order valence-electron chi connectivity index (χ0n) is 17.7. The molecule has 2 heterocycles. The monoisotopic (exact) mass is 507 g/mol. The van der Waals surface area contributed by atoms with Gasteiger partial charge in [-0.2, -0.15) is 32.8 Å². The molecular weight excluding hydrogens is 489 g/mol. The number of hydrogen-bond donors (Lipinski definition) is 2. The van der Waals surface area contributed by atoms with Crippen molar-refractivity contribution in [2.45, 2.75) is 44.8 Å². The minimum Gasteiger partial charge on any atom is -0.493 e. The second kappa shape index (κ2) is 10.4. The molecule has 0 amide bonds. The van der Waals surface area contributed by atoms with Crippen LogP contribution in [0.2, 0.25) is 5.15 Å². The van der Waals surface area contributed by atoms with Crippen molar-refractivity contribution < 1.29 is 36.6 Å².